The number of hydrogen-bond acceptors (Lipinski definition) is 2. The number of hydrogen-bond donors (Lipinski definition) is 2. The van der Waals surface area contributed by atoms with Crippen molar-refractivity contribution in [2.24, 2.45) is 5.41 Å². The lowest BCUT2D eigenvalue weighted by Gasteiger charge is -2.24. The van der Waals surface area contributed by atoms with E-state index in [2.05, 4.69) is 34.2 Å². The van der Waals surface area contributed by atoms with E-state index in [-0.39, 0.29) is 0 Å². The van der Waals surface area contributed by atoms with Gasteiger partial charge in [0.25, 0.3) is 0 Å². The minimum atomic E-state index is 0.504. The molecule has 0 heterocycles. The van der Waals surface area contributed by atoms with Crippen LogP contribution in [0.1, 0.15) is 38.2 Å². The van der Waals surface area contributed by atoms with Crippen LogP contribution in [0.4, 0.5) is 5.69 Å². The fourth-order valence-electron chi connectivity index (χ4n) is 2.63. The Labute approximate surface area is 112 Å². The summed E-state index contributed by atoms with van der Waals surface area (Å²) in [6, 6.07) is 6.10. The van der Waals surface area contributed by atoms with Crippen molar-refractivity contribution in [2.75, 3.05) is 12.3 Å². The van der Waals surface area contributed by atoms with E-state index in [1.165, 1.54) is 31.2 Å². The van der Waals surface area contributed by atoms with Crippen LogP contribution in [-0.2, 0) is 6.54 Å². The zero-order valence-corrected chi connectivity index (χ0v) is 12.0. The van der Waals surface area contributed by atoms with Gasteiger partial charge in [-0.25, -0.2) is 0 Å². The Bertz CT molecular complexity index is 384. The number of nitrogen functional groups attached to an aromatic ring is 1. The van der Waals surface area contributed by atoms with Crippen LogP contribution < -0.4 is 11.1 Å². The van der Waals surface area contributed by atoms with Gasteiger partial charge in [-0.3, -0.25) is 0 Å². The predicted octanol–water partition coefficient (Wildman–Crippen LogP) is 3.70. The molecule has 1 fully saturated rings. The van der Waals surface area contributed by atoms with Crippen LogP contribution in [0.2, 0.25) is 0 Å². The van der Waals surface area contributed by atoms with Crippen molar-refractivity contribution in [2.45, 2.75) is 39.2 Å². The largest absolute Gasteiger partial charge is 0.398 e. The quantitative estimate of drug-likeness (QED) is 0.832. The fourth-order valence-corrected chi connectivity index (χ4v) is 3.01. The third kappa shape index (κ3) is 3.46. The van der Waals surface area contributed by atoms with Crippen molar-refractivity contribution in [1.29, 1.82) is 0 Å². The summed E-state index contributed by atoms with van der Waals surface area (Å²) in [6.07, 6.45) is 5.49. The van der Waals surface area contributed by atoms with Crippen molar-refractivity contribution in [3.8, 4) is 0 Å². The van der Waals surface area contributed by atoms with Crippen molar-refractivity contribution in [3.63, 3.8) is 0 Å². The Kier molecular flexibility index (Phi) is 4.10. The van der Waals surface area contributed by atoms with Crippen molar-refractivity contribution in [3.05, 3.63) is 28.2 Å². The van der Waals surface area contributed by atoms with Gasteiger partial charge in [-0.15, -0.1) is 0 Å². The second-order valence-electron chi connectivity index (χ2n) is 5.46. The van der Waals surface area contributed by atoms with Crippen LogP contribution in [0.3, 0.4) is 0 Å². The fraction of sp³-hybridized carbons (Fsp3) is 0.571. The Morgan fingerprint density at radius 2 is 2.06 bits per heavy atom. The first-order chi connectivity index (χ1) is 8.09. The zero-order valence-electron chi connectivity index (χ0n) is 10.4. The Morgan fingerprint density at radius 1 is 1.35 bits per heavy atom. The molecule has 0 spiro atoms. The summed E-state index contributed by atoms with van der Waals surface area (Å²) in [6.45, 7) is 4.36. The monoisotopic (exact) mass is 296 g/mol. The molecule has 1 saturated carbocycles. The minimum absolute atomic E-state index is 0.504. The molecule has 0 radical (unpaired) electrons. The lowest BCUT2D eigenvalue weighted by molar-refractivity contribution is 0.315. The van der Waals surface area contributed by atoms with Gasteiger partial charge in [-0.2, -0.15) is 0 Å². The van der Waals surface area contributed by atoms with E-state index in [9.17, 15) is 0 Å². The lowest BCUT2D eigenvalue weighted by Crippen LogP contribution is -2.29. The maximum atomic E-state index is 5.98. The van der Waals surface area contributed by atoms with Gasteiger partial charge in [0.2, 0.25) is 0 Å². The summed E-state index contributed by atoms with van der Waals surface area (Å²) in [5, 5.41) is 3.55. The van der Waals surface area contributed by atoms with E-state index >= 15 is 0 Å². The van der Waals surface area contributed by atoms with E-state index in [0.29, 0.717) is 5.41 Å². The van der Waals surface area contributed by atoms with Crippen LogP contribution in [0.25, 0.3) is 0 Å². The molecular formula is C14H21BrN2. The Hall–Kier alpha value is -0.540. The highest BCUT2D eigenvalue weighted by Crippen LogP contribution is 2.36. The molecule has 1 aliphatic rings. The molecule has 1 aromatic rings. The second-order valence-corrected chi connectivity index (χ2v) is 6.38. The molecular weight excluding hydrogens is 276 g/mol. The molecule has 0 aromatic heterocycles. The van der Waals surface area contributed by atoms with Gasteiger partial charge < -0.3 is 11.1 Å². The number of nitrogens with two attached hydrogens (primary N) is 1. The van der Waals surface area contributed by atoms with Gasteiger partial charge in [0.15, 0.2) is 0 Å². The molecule has 0 atom stereocenters. The van der Waals surface area contributed by atoms with E-state index in [4.69, 9.17) is 5.73 Å². The molecule has 17 heavy (non-hydrogen) atoms. The summed E-state index contributed by atoms with van der Waals surface area (Å²) in [4.78, 5) is 0. The van der Waals surface area contributed by atoms with Crippen LogP contribution in [-0.4, -0.2) is 6.54 Å². The van der Waals surface area contributed by atoms with Crippen LogP contribution in [0, 0.1) is 5.41 Å². The van der Waals surface area contributed by atoms with E-state index < -0.39 is 0 Å². The molecule has 94 valence electrons. The second kappa shape index (κ2) is 5.40. The average molecular weight is 297 g/mol. The SMILES string of the molecule is CC1(CNCc2ccc(Br)cc2N)CCCC1. The lowest BCUT2D eigenvalue weighted by atomic mass is 9.89. The molecule has 3 heteroatoms. The summed E-state index contributed by atoms with van der Waals surface area (Å²) in [5.41, 5.74) is 8.54. The first-order valence-electron chi connectivity index (χ1n) is 6.34. The maximum absolute atomic E-state index is 5.98. The molecule has 2 nitrogen and oxygen atoms in total. The summed E-state index contributed by atoms with van der Waals surface area (Å²) in [7, 11) is 0. The summed E-state index contributed by atoms with van der Waals surface area (Å²) < 4.78 is 1.04. The number of nitrogens with one attached hydrogen (secondary N) is 1. The molecule has 1 aromatic carbocycles. The van der Waals surface area contributed by atoms with Gasteiger partial charge in [0.1, 0.15) is 0 Å². The van der Waals surface area contributed by atoms with Crippen molar-refractivity contribution >= 4 is 21.6 Å². The van der Waals surface area contributed by atoms with E-state index in [1.54, 1.807) is 0 Å². The highest BCUT2D eigenvalue weighted by molar-refractivity contribution is 9.10. The number of rotatable bonds is 4. The van der Waals surface area contributed by atoms with Crippen molar-refractivity contribution in [1.82, 2.24) is 5.32 Å². The highest BCUT2D eigenvalue weighted by atomic mass is 79.9. The molecule has 0 unspecified atom stereocenters. The van der Waals surface area contributed by atoms with Gasteiger partial charge in [0.05, 0.1) is 0 Å². The smallest absolute Gasteiger partial charge is 0.0370 e. The first-order valence-corrected chi connectivity index (χ1v) is 7.13. The average Bonchev–Trinajstić information content (AvgIpc) is 2.69. The molecule has 0 bridgehead atoms. The summed E-state index contributed by atoms with van der Waals surface area (Å²) in [5.74, 6) is 0. The van der Waals surface area contributed by atoms with Gasteiger partial charge in [-0.1, -0.05) is 41.8 Å². The molecule has 1 aliphatic carbocycles. The molecule has 3 N–H and O–H groups in total. The van der Waals surface area contributed by atoms with Gasteiger partial charge in [0, 0.05) is 23.2 Å². The normalized spacial score (nSPS) is 18.5. The van der Waals surface area contributed by atoms with Crippen LogP contribution >= 0.6 is 15.9 Å². The van der Waals surface area contributed by atoms with E-state index in [1.807, 2.05) is 12.1 Å². The third-order valence-corrected chi connectivity index (χ3v) is 4.28. The zero-order chi connectivity index (χ0) is 12.3. The van der Waals surface area contributed by atoms with Crippen molar-refractivity contribution < 1.29 is 0 Å². The number of benzene rings is 1. The minimum Gasteiger partial charge on any atom is -0.398 e. The topological polar surface area (TPSA) is 38.0 Å². The predicted molar refractivity (Wildman–Crippen MR) is 76.8 cm³/mol. The Morgan fingerprint density at radius 3 is 2.71 bits per heavy atom. The summed E-state index contributed by atoms with van der Waals surface area (Å²) >= 11 is 3.43. The number of anilines is 1. The first kappa shape index (κ1) is 12.9. The molecule has 2 rings (SSSR count). The molecule has 0 saturated heterocycles. The van der Waals surface area contributed by atoms with E-state index in [0.717, 1.165) is 23.2 Å². The maximum Gasteiger partial charge on any atom is 0.0370 e. The van der Waals surface area contributed by atoms with Gasteiger partial charge in [-0.05, 0) is 36.0 Å². The highest BCUT2D eigenvalue weighted by Gasteiger charge is 2.27. The molecule has 0 aliphatic heterocycles. The van der Waals surface area contributed by atoms with Crippen LogP contribution in [0.5, 0.6) is 0 Å². The standard InChI is InChI=1S/C14H21BrN2/c1-14(6-2-3-7-14)10-17-9-11-4-5-12(15)8-13(11)16/h4-5,8,17H,2-3,6-7,9-10,16H2,1H3. The van der Waals surface area contributed by atoms with Crippen LogP contribution in [0.15, 0.2) is 22.7 Å². The molecule has 0 amide bonds. The third-order valence-electron chi connectivity index (χ3n) is 3.79. The number of halogens is 1. The van der Waals surface area contributed by atoms with Gasteiger partial charge >= 0.3 is 0 Å². The Balaban J connectivity index is 1.85.